The average Bonchev–Trinajstić information content (AvgIpc) is 3.51. The van der Waals surface area contributed by atoms with Crippen molar-refractivity contribution in [1.29, 1.82) is 0 Å². The van der Waals surface area contributed by atoms with Crippen LogP contribution in [0.15, 0.2) is 44.6 Å². The minimum Gasteiger partial charge on any atom is -0.477 e. The minimum absolute atomic E-state index is 0.152. The number of nitrogens with zero attached hydrogens (tertiary/aromatic N) is 3. The number of carbonyl (C=O) groups excluding carboxylic acids is 3. The summed E-state index contributed by atoms with van der Waals surface area (Å²) < 4.78 is 5.10. The number of nitrogen functional groups attached to an aromatic ring is 1. The lowest BCUT2D eigenvalue weighted by molar-refractivity contribution is -0.150. The summed E-state index contributed by atoms with van der Waals surface area (Å²) in [6, 6.07) is 2.13. The minimum atomic E-state index is -1.29. The Morgan fingerprint density at radius 2 is 2.23 bits per heavy atom. The molecule has 0 bridgehead atoms. The van der Waals surface area contributed by atoms with E-state index in [1.807, 2.05) is 0 Å². The molecule has 0 saturated carbocycles. The molecule has 0 radical (unpaired) electrons. The fourth-order valence-corrected chi connectivity index (χ4v) is 6.56. The Kier molecular flexibility index (Phi) is 7.18. The van der Waals surface area contributed by atoms with Crippen molar-refractivity contribution in [2.45, 2.75) is 23.6 Å². The fraction of sp³-hybridized carbons (Fsp3) is 0.300. The summed E-state index contributed by atoms with van der Waals surface area (Å²) in [6.45, 7) is 1.70. The van der Waals surface area contributed by atoms with Crippen molar-refractivity contribution < 1.29 is 33.5 Å². The van der Waals surface area contributed by atoms with Gasteiger partial charge in [-0.3, -0.25) is 19.3 Å². The van der Waals surface area contributed by atoms with Crippen LogP contribution in [0.1, 0.15) is 23.2 Å². The van der Waals surface area contributed by atoms with E-state index in [1.54, 1.807) is 13.0 Å². The molecule has 4 heterocycles. The zero-order valence-electron chi connectivity index (χ0n) is 18.3. The van der Waals surface area contributed by atoms with Crippen LogP contribution >= 0.6 is 34.9 Å². The van der Waals surface area contributed by atoms with E-state index in [9.17, 15) is 24.3 Å². The van der Waals surface area contributed by atoms with Gasteiger partial charge in [-0.1, -0.05) is 16.9 Å². The van der Waals surface area contributed by atoms with Crippen molar-refractivity contribution in [2.75, 3.05) is 18.6 Å². The monoisotopic (exact) mass is 537 g/mol. The summed E-state index contributed by atoms with van der Waals surface area (Å²) in [6.07, 6.45) is 1.38. The molecular weight excluding hydrogens is 518 g/mol. The maximum Gasteiger partial charge on any atom is 0.352 e. The largest absolute Gasteiger partial charge is 0.477 e. The second-order valence-corrected chi connectivity index (χ2v) is 10.6. The molecule has 2 amide bonds. The molecule has 15 heteroatoms. The van der Waals surface area contributed by atoms with Crippen LogP contribution in [-0.4, -0.2) is 73.1 Å². The number of carboxylic acid groups (broad SMARTS) is 1. The standard InChI is InChI=1S/C20H19N5O7S3/c1-8(35-19(30)11-4-3-5-32-11)9-6-33-17-13(16(27)25(17)14(9)18(28)29)23-15(26)12(24-31-2)10-7-34-20(21)22-10/h3-5,7-8,13,17H,6H2,1-2H3,(H2,21,22)(H,23,26)(H,28,29). The zero-order valence-corrected chi connectivity index (χ0v) is 20.7. The Hall–Kier alpha value is -3.30. The first-order valence-electron chi connectivity index (χ1n) is 10.0. The lowest BCUT2D eigenvalue weighted by Crippen LogP contribution is -2.71. The maximum absolute atomic E-state index is 13.0. The van der Waals surface area contributed by atoms with Gasteiger partial charge < -0.3 is 25.4 Å². The first kappa shape index (κ1) is 24.8. The highest BCUT2D eigenvalue weighted by molar-refractivity contribution is 8.14. The van der Waals surface area contributed by atoms with Gasteiger partial charge in [-0.15, -0.1) is 23.1 Å². The van der Waals surface area contributed by atoms with Crippen molar-refractivity contribution in [2.24, 2.45) is 5.16 Å². The Morgan fingerprint density at radius 3 is 2.83 bits per heavy atom. The summed E-state index contributed by atoms with van der Waals surface area (Å²) in [5.74, 6) is -2.19. The number of thioether (sulfide) groups is 2. The van der Waals surface area contributed by atoms with Crippen molar-refractivity contribution in [3.05, 3.63) is 46.5 Å². The van der Waals surface area contributed by atoms with Gasteiger partial charge in [0.05, 0.1) is 6.26 Å². The number of carbonyl (C=O) groups is 4. The SMILES string of the molecule is CON=C(C(=O)NC1C(=O)N2C(C(=O)O)=C(C(C)SC(=O)c3ccco3)CSC12)c1csc(N)n1. The molecule has 2 aromatic rings. The highest BCUT2D eigenvalue weighted by Gasteiger charge is 2.55. The number of rotatable bonds is 8. The third kappa shape index (κ3) is 4.78. The lowest BCUT2D eigenvalue weighted by Gasteiger charge is -2.49. The number of β-lactam (4-membered cyclic amide) rings is 1. The summed E-state index contributed by atoms with van der Waals surface area (Å²) in [5.41, 5.74) is 5.90. The Labute approximate surface area is 210 Å². The molecule has 35 heavy (non-hydrogen) atoms. The Balaban J connectivity index is 1.51. The van der Waals surface area contributed by atoms with Gasteiger partial charge in [0, 0.05) is 16.4 Å². The van der Waals surface area contributed by atoms with Gasteiger partial charge in [-0.05, 0) is 24.6 Å². The van der Waals surface area contributed by atoms with E-state index < -0.39 is 34.4 Å². The second-order valence-electron chi connectivity index (χ2n) is 7.26. The van der Waals surface area contributed by atoms with Gasteiger partial charge in [0.1, 0.15) is 29.9 Å². The highest BCUT2D eigenvalue weighted by atomic mass is 32.2. The van der Waals surface area contributed by atoms with Crippen molar-refractivity contribution in [1.82, 2.24) is 15.2 Å². The molecule has 4 N–H and O–H groups in total. The van der Waals surface area contributed by atoms with Crippen LogP contribution in [0.2, 0.25) is 0 Å². The van der Waals surface area contributed by atoms with Crippen LogP contribution in [0, 0.1) is 0 Å². The van der Waals surface area contributed by atoms with Crippen LogP contribution in [0.4, 0.5) is 5.13 Å². The van der Waals surface area contributed by atoms with E-state index in [1.165, 1.54) is 36.6 Å². The first-order valence-corrected chi connectivity index (χ1v) is 12.8. The van der Waals surface area contributed by atoms with Crippen LogP contribution in [0.3, 0.4) is 0 Å². The number of thiazole rings is 1. The van der Waals surface area contributed by atoms with Crippen LogP contribution in [-0.2, 0) is 19.2 Å². The summed E-state index contributed by atoms with van der Waals surface area (Å²) in [7, 11) is 1.26. The van der Waals surface area contributed by atoms with Gasteiger partial charge in [-0.25, -0.2) is 9.78 Å². The maximum atomic E-state index is 13.0. The van der Waals surface area contributed by atoms with Crippen molar-refractivity contribution >= 4 is 68.6 Å². The summed E-state index contributed by atoms with van der Waals surface area (Å²) in [5, 5.41) is 16.4. The number of aromatic nitrogens is 1. The molecule has 0 aliphatic carbocycles. The van der Waals surface area contributed by atoms with Crippen LogP contribution in [0.5, 0.6) is 0 Å². The molecule has 0 spiro atoms. The highest BCUT2D eigenvalue weighted by Crippen LogP contribution is 2.43. The van der Waals surface area contributed by atoms with E-state index in [2.05, 4.69) is 15.5 Å². The molecular formula is C20H19N5O7S3. The topological polar surface area (TPSA) is 177 Å². The van der Waals surface area contributed by atoms with E-state index in [-0.39, 0.29) is 38.9 Å². The molecule has 0 aromatic carbocycles. The number of hydrogen-bond acceptors (Lipinski definition) is 12. The quantitative estimate of drug-likeness (QED) is 0.252. The van der Waals surface area contributed by atoms with Crippen molar-refractivity contribution in [3.8, 4) is 0 Å². The van der Waals surface area contributed by atoms with E-state index >= 15 is 0 Å². The number of nitrogens with two attached hydrogens (primary N) is 1. The number of nitrogens with one attached hydrogen (secondary N) is 1. The number of aliphatic carboxylic acids is 1. The molecule has 2 aliphatic rings. The number of oxime groups is 1. The normalized spacial score (nSPS) is 20.7. The first-order chi connectivity index (χ1) is 16.7. The predicted octanol–water partition coefficient (Wildman–Crippen LogP) is 1.37. The van der Waals surface area contributed by atoms with E-state index in [0.29, 0.717) is 5.57 Å². The second kappa shape index (κ2) is 10.1. The van der Waals surface area contributed by atoms with Gasteiger partial charge in [-0.2, -0.15) is 0 Å². The van der Waals surface area contributed by atoms with E-state index in [0.717, 1.165) is 28.0 Å². The summed E-state index contributed by atoms with van der Waals surface area (Å²) >= 11 is 3.31. The molecule has 1 saturated heterocycles. The molecule has 184 valence electrons. The molecule has 3 atom stereocenters. The van der Waals surface area contributed by atoms with Gasteiger partial charge in [0.15, 0.2) is 16.6 Å². The number of hydrogen-bond donors (Lipinski definition) is 3. The third-order valence-corrected chi connectivity index (χ3v) is 8.18. The fourth-order valence-electron chi connectivity index (χ4n) is 3.54. The predicted molar refractivity (Wildman–Crippen MR) is 130 cm³/mol. The van der Waals surface area contributed by atoms with Gasteiger partial charge in [0.25, 0.3) is 16.9 Å². The molecule has 2 aliphatic heterocycles. The molecule has 1 fully saturated rings. The molecule has 2 aromatic heterocycles. The zero-order chi connectivity index (χ0) is 25.3. The Morgan fingerprint density at radius 1 is 1.46 bits per heavy atom. The molecule has 4 rings (SSSR count). The number of furan rings is 1. The smallest absolute Gasteiger partial charge is 0.352 e. The number of fused-ring (bicyclic) bond motifs is 1. The molecule has 12 nitrogen and oxygen atoms in total. The van der Waals surface area contributed by atoms with Gasteiger partial charge in [0.2, 0.25) is 0 Å². The number of carboxylic acids is 1. The van der Waals surface area contributed by atoms with Crippen molar-refractivity contribution in [3.63, 3.8) is 0 Å². The van der Waals surface area contributed by atoms with E-state index in [4.69, 9.17) is 15.0 Å². The Bertz CT molecular complexity index is 1240. The third-order valence-electron chi connectivity index (χ3n) is 5.15. The lowest BCUT2D eigenvalue weighted by atomic mass is 10.0. The van der Waals surface area contributed by atoms with Gasteiger partial charge >= 0.3 is 5.97 Å². The number of anilines is 1. The van der Waals surface area contributed by atoms with Crippen LogP contribution in [0.25, 0.3) is 0 Å². The molecule has 3 unspecified atom stereocenters. The van der Waals surface area contributed by atoms with Crippen LogP contribution < -0.4 is 11.1 Å². The summed E-state index contributed by atoms with van der Waals surface area (Å²) in [4.78, 5) is 60.2. The average molecular weight is 538 g/mol. The number of amides is 2.